The SMILES string of the molecule is CC(Cc1ccc(OCc2ccccc2)cc1)NC=O. The predicted molar refractivity (Wildman–Crippen MR) is 79.6 cm³/mol. The average molecular weight is 269 g/mol. The van der Waals surface area contributed by atoms with Crippen LogP contribution in [0.15, 0.2) is 54.6 Å². The first kappa shape index (κ1) is 14.1. The fraction of sp³-hybridized carbons (Fsp3) is 0.235. The monoisotopic (exact) mass is 269 g/mol. The summed E-state index contributed by atoms with van der Waals surface area (Å²) in [7, 11) is 0. The molecule has 2 rings (SSSR count). The molecule has 2 aromatic rings. The summed E-state index contributed by atoms with van der Waals surface area (Å²) in [5.74, 6) is 0.855. The van der Waals surface area contributed by atoms with E-state index in [1.165, 1.54) is 5.56 Å². The van der Waals surface area contributed by atoms with Gasteiger partial charge in [0, 0.05) is 6.04 Å². The number of hydrogen-bond acceptors (Lipinski definition) is 2. The van der Waals surface area contributed by atoms with E-state index in [4.69, 9.17) is 4.74 Å². The highest BCUT2D eigenvalue weighted by atomic mass is 16.5. The molecule has 0 bridgehead atoms. The number of carbonyl (C=O) groups is 1. The third kappa shape index (κ3) is 4.43. The van der Waals surface area contributed by atoms with Crippen LogP contribution in [0.1, 0.15) is 18.1 Å². The first-order valence-electron chi connectivity index (χ1n) is 6.73. The summed E-state index contributed by atoms with van der Waals surface area (Å²) in [6.45, 7) is 2.55. The number of hydrogen-bond donors (Lipinski definition) is 1. The lowest BCUT2D eigenvalue weighted by atomic mass is 10.1. The van der Waals surface area contributed by atoms with Crippen molar-refractivity contribution in [2.45, 2.75) is 26.0 Å². The van der Waals surface area contributed by atoms with Gasteiger partial charge in [-0.2, -0.15) is 0 Å². The van der Waals surface area contributed by atoms with Gasteiger partial charge in [0.1, 0.15) is 12.4 Å². The molecule has 0 radical (unpaired) electrons. The van der Waals surface area contributed by atoms with E-state index < -0.39 is 0 Å². The molecule has 20 heavy (non-hydrogen) atoms. The van der Waals surface area contributed by atoms with Gasteiger partial charge in [-0.1, -0.05) is 42.5 Å². The third-order valence-corrected chi connectivity index (χ3v) is 3.07. The van der Waals surface area contributed by atoms with Crippen LogP contribution in [0.25, 0.3) is 0 Å². The lowest BCUT2D eigenvalue weighted by molar-refractivity contribution is -0.110. The molecule has 1 N–H and O–H groups in total. The van der Waals surface area contributed by atoms with E-state index in [1.54, 1.807) is 0 Å². The lowest BCUT2D eigenvalue weighted by Crippen LogP contribution is -2.26. The maximum absolute atomic E-state index is 10.3. The largest absolute Gasteiger partial charge is 0.489 e. The first-order valence-corrected chi connectivity index (χ1v) is 6.73. The topological polar surface area (TPSA) is 38.3 Å². The fourth-order valence-corrected chi connectivity index (χ4v) is 1.99. The molecular formula is C17H19NO2. The zero-order valence-corrected chi connectivity index (χ0v) is 11.6. The highest BCUT2D eigenvalue weighted by Crippen LogP contribution is 2.15. The Hall–Kier alpha value is -2.29. The second-order valence-electron chi connectivity index (χ2n) is 4.81. The van der Waals surface area contributed by atoms with E-state index in [1.807, 2.05) is 61.5 Å². The lowest BCUT2D eigenvalue weighted by Gasteiger charge is -2.11. The maximum atomic E-state index is 10.3. The van der Waals surface area contributed by atoms with Crippen LogP contribution in [0.2, 0.25) is 0 Å². The smallest absolute Gasteiger partial charge is 0.207 e. The van der Waals surface area contributed by atoms with Crippen molar-refractivity contribution in [2.75, 3.05) is 0 Å². The van der Waals surface area contributed by atoms with Gasteiger partial charge in [-0.3, -0.25) is 4.79 Å². The summed E-state index contributed by atoms with van der Waals surface area (Å²) in [6.07, 6.45) is 1.56. The molecule has 104 valence electrons. The summed E-state index contributed by atoms with van der Waals surface area (Å²) in [4.78, 5) is 10.3. The minimum absolute atomic E-state index is 0.142. The van der Waals surface area contributed by atoms with Crippen molar-refractivity contribution in [3.05, 3.63) is 65.7 Å². The molecule has 0 spiro atoms. The van der Waals surface area contributed by atoms with E-state index in [2.05, 4.69) is 5.32 Å². The van der Waals surface area contributed by atoms with Gasteiger partial charge < -0.3 is 10.1 Å². The Morgan fingerprint density at radius 3 is 2.40 bits per heavy atom. The van der Waals surface area contributed by atoms with Crippen molar-refractivity contribution in [3.63, 3.8) is 0 Å². The summed E-state index contributed by atoms with van der Waals surface area (Å²) < 4.78 is 5.73. The molecule has 1 amide bonds. The Kier molecular flexibility index (Phi) is 5.18. The predicted octanol–water partition coefficient (Wildman–Crippen LogP) is 2.94. The number of benzene rings is 2. The number of carbonyl (C=O) groups excluding carboxylic acids is 1. The normalized spacial score (nSPS) is 11.7. The molecule has 0 aliphatic heterocycles. The van der Waals surface area contributed by atoms with Gasteiger partial charge in [-0.05, 0) is 36.6 Å². The Balaban J connectivity index is 1.86. The molecule has 0 aromatic heterocycles. The zero-order chi connectivity index (χ0) is 14.2. The first-order chi connectivity index (χ1) is 9.78. The quantitative estimate of drug-likeness (QED) is 0.785. The van der Waals surface area contributed by atoms with Crippen LogP contribution in [0, 0.1) is 0 Å². The number of rotatable bonds is 7. The molecule has 0 saturated carbocycles. The molecule has 1 atom stereocenters. The van der Waals surface area contributed by atoms with Gasteiger partial charge in [0.2, 0.25) is 6.41 Å². The Morgan fingerprint density at radius 1 is 1.05 bits per heavy atom. The van der Waals surface area contributed by atoms with Gasteiger partial charge in [-0.15, -0.1) is 0 Å². The van der Waals surface area contributed by atoms with Crippen LogP contribution >= 0.6 is 0 Å². The molecule has 2 aromatic carbocycles. The van der Waals surface area contributed by atoms with Crippen molar-refractivity contribution >= 4 is 6.41 Å². The highest BCUT2D eigenvalue weighted by Gasteiger charge is 2.02. The van der Waals surface area contributed by atoms with Crippen molar-refractivity contribution in [1.29, 1.82) is 0 Å². The van der Waals surface area contributed by atoms with Gasteiger partial charge in [0.05, 0.1) is 0 Å². The Bertz CT molecular complexity index is 522. The van der Waals surface area contributed by atoms with E-state index in [9.17, 15) is 4.79 Å². The molecule has 0 saturated heterocycles. The standard InChI is InChI=1S/C17H19NO2/c1-14(18-13-19)11-15-7-9-17(10-8-15)20-12-16-5-3-2-4-6-16/h2-10,13-14H,11-12H2,1H3,(H,18,19). The van der Waals surface area contributed by atoms with Crippen LogP contribution in [-0.2, 0) is 17.8 Å². The highest BCUT2D eigenvalue weighted by molar-refractivity contribution is 5.46. The van der Waals surface area contributed by atoms with E-state index >= 15 is 0 Å². The van der Waals surface area contributed by atoms with Crippen LogP contribution in [0.5, 0.6) is 5.75 Å². The second kappa shape index (κ2) is 7.34. The number of ether oxygens (including phenoxy) is 1. The zero-order valence-electron chi connectivity index (χ0n) is 11.6. The van der Waals surface area contributed by atoms with Crippen molar-refractivity contribution in [3.8, 4) is 5.75 Å². The van der Waals surface area contributed by atoms with Crippen molar-refractivity contribution in [2.24, 2.45) is 0 Å². The summed E-state index contributed by atoms with van der Waals surface area (Å²) in [5, 5.41) is 2.74. The van der Waals surface area contributed by atoms with E-state index in [-0.39, 0.29) is 6.04 Å². The Morgan fingerprint density at radius 2 is 1.75 bits per heavy atom. The van der Waals surface area contributed by atoms with Gasteiger partial charge in [0.25, 0.3) is 0 Å². The van der Waals surface area contributed by atoms with E-state index in [0.29, 0.717) is 6.61 Å². The van der Waals surface area contributed by atoms with Crippen LogP contribution in [0.4, 0.5) is 0 Å². The van der Waals surface area contributed by atoms with Crippen molar-refractivity contribution < 1.29 is 9.53 Å². The second-order valence-corrected chi connectivity index (χ2v) is 4.81. The van der Waals surface area contributed by atoms with Gasteiger partial charge in [0.15, 0.2) is 0 Å². The van der Waals surface area contributed by atoms with Crippen LogP contribution in [0.3, 0.4) is 0 Å². The maximum Gasteiger partial charge on any atom is 0.207 e. The fourth-order valence-electron chi connectivity index (χ4n) is 1.99. The number of nitrogens with one attached hydrogen (secondary N) is 1. The summed E-state index contributed by atoms with van der Waals surface area (Å²) >= 11 is 0. The molecule has 0 fully saturated rings. The van der Waals surface area contributed by atoms with Crippen LogP contribution < -0.4 is 10.1 Å². The molecule has 3 nitrogen and oxygen atoms in total. The molecule has 3 heteroatoms. The minimum atomic E-state index is 0.142. The van der Waals surface area contributed by atoms with Gasteiger partial charge >= 0.3 is 0 Å². The minimum Gasteiger partial charge on any atom is -0.489 e. The summed E-state index contributed by atoms with van der Waals surface area (Å²) in [5.41, 5.74) is 2.33. The van der Waals surface area contributed by atoms with Crippen molar-refractivity contribution in [1.82, 2.24) is 5.32 Å². The van der Waals surface area contributed by atoms with Gasteiger partial charge in [-0.25, -0.2) is 0 Å². The summed E-state index contributed by atoms with van der Waals surface area (Å²) in [6, 6.07) is 18.2. The molecule has 0 aliphatic rings. The third-order valence-electron chi connectivity index (χ3n) is 3.07. The molecular weight excluding hydrogens is 250 g/mol. The molecule has 0 heterocycles. The molecule has 1 unspecified atom stereocenters. The molecule has 0 aliphatic carbocycles. The Labute approximate surface area is 119 Å². The number of amides is 1. The van der Waals surface area contributed by atoms with E-state index in [0.717, 1.165) is 24.1 Å². The average Bonchev–Trinajstić information content (AvgIpc) is 2.48. The van der Waals surface area contributed by atoms with Crippen LogP contribution in [-0.4, -0.2) is 12.5 Å².